The van der Waals surface area contributed by atoms with E-state index in [1.54, 1.807) is 18.6 Å². The van der Waals surface area contributed by atoms with Gasteiger partial charge in [-0.2, -0.15) is 0 Å². The van der Waals surface area contributed by atoms with Crippen molar-refractivity contribution in [2.75, 3.05) is 31.1 Å². The van der Waals surface area contributed by atoms with E-state index in [0.717, 1.165) is 56.2 Å². The summed E-state index contributed by atoms with van der Waals surface area (Å²) in [5.74, 6) is 1.98. The van der Waals surface area contributed by atoms with E-state index in [1.807, 2.05) is 29.5 Å². The van der Waals surface area contributed by atoms with Crippen molar-refractivity contribution in [3.05, 3.63) is 36.3 Å². The van der Waals surface area contributed by atoms with Crippen molar-refractivity contribution in [3.63, 3.8) is 0 Å². The van der Waals surface area contributed by atoms with Gasteiger partial charge in [0.05, 0.1) is 11.8 Å². The minimum atomic E-state index is -0.451. The number of aliphatic hydroxyl groups excluding tert-OH is 1. The highest BCUT2D eigenvalue weighted by atomic mass is 16.3. The molecule has 0 radical (unpaired) electrons. The molecule has 0 bridgehead atoms. The lowest BCUT2D eigenvalue weighted by Crippen LogP contribution is -2.55. The Morgan fingerprint density at radius 2 is 1.93 bits per heavy atom. The molecule has 0 saturated carbocycles. The summed E-state index contributed by atoms with van der Waals surface area (Å²) in [5, 5.41) is 10.5. The van der Waals surface area contributed by atoms with Crippen molar-refractivity contribution >= 4 is 11.7 Å². The van der Waals surface area contributed by atoms with Crippen molar-refractivity contribution < 1.29 is 9.90 Å². The molecule has 4 heterocycles. The third-order valence-electron chi connectivity index (χ3n) is 6.45. The zero-order valence-corrected chi connectivity index (χ0v) is 17.3. The summed E-state index contributed by atoms with van der Waals surface area (Å²) < 4.78 is 2.00. The van der Waals surface area contributed by atoms with E-state index in [9.17, 15) is 9.90 Å². The maximum Gasteiger partial charge on any atom is 0.224 e. The first-order valence-corrected chi connectivity index (χ1v) is 10.4. The van der Waals surface area contributed by atoms with Crippen LogP contribution in [0.1, 0.15) is 37.2 Å². The smallest absolute Gasteiger partial charge is 0.224 e. The number of aromatic nitrogens is 4. The third-order valence-corrected chi connectivity index (χ3v) is 6.45. The van der Waals surface area contributed by atoms with Crippen molar-refractivity contribution in [3.8, 4) is 0 Å². The van der Waals surface area contributed by atoms with Crippen LogP contribution >= 0.6 is 0 Å². The predicted octanol–water partition coefficient (Wildman–Crippen LogP) is 1.56. The number of carbonyl (C=O) groups is 1. The molecule has 1 N–H and O–H groups in total. The number of nitrogens with zero attached hydrogens (tertiary/aromatic N) is 6. The third kappa shape index (κ3) is 4.27. The topological polar surface area (TPSA) is 87.4 Å². The van der Waals surface area contributed by atoms with Gasteiger partial charge in [-0.15, -0.1) is 0 Å². The van der Waals surface area contributed by atoms with Gasteiger partial charge in [0.25, 0.3) is 0 Å². The van der Waals surface area contributed by atoms with Gasteiger partial charge in [-0.3, -0.25) is 9.78 Å². The number of rotatable bonds is 4. The number of anilines is 1. The summed E-state index contributed by atoms with van der Waals surface area (Å²) in [6, 6.07) is 0. The van der Waals surface area contributed by atoms with Crippen LogP contribution in [0.5, 0.6) is 0 Å². The molecule has 1 spiro atoms. The second kappa shape index (κ2) is 8.10. The largest absolute Gasteiger partial charge is 0.391 e. The van der Waals surface area contributed by atoms with Crippen molar-refractivity contribution in [2.24, 2.45) is 5.41 Å². The predicted molar refractivity (Wildman–Crippen MR) is 109 cm³/mol. The molecule has 8 heteroatoms. The molecular weight excluding hydrogens is 368 g/mol. The Morgan fingerprint density at radius 3 is 2.62 bits per heavy atom. The van der Waals surface area contributed by atoms with Crippen LogP contribution in [0.15, 0.2) is 24.8 Å². The van der Waals surface area contributed by atoms with Crippen molar-refractivity contribution in [1.29, 1.82) is 0 Å². The van der Waals surface area contributed by atoms with E-state index in [1.165, 1.54) is 0 Å². The monoisotopic (exact) mass is 398 g/mol. The Hall–Kier alpha value is -2.48. The standard InChI is InChI=1S/C21H30N6O2/c1-16-20(24-7-6-22-16)26-10-4-21(5-11-26)13-18(28)14-27(15-21)19(29)3-9-25-12-8-23-17(25)2/h6-8,12,18,28H,3-5,9-11,13-15H2,1-2H3. The highest BCUT2D eigenvalue weighted by Crippen LogP contribution is 2.41. The average molecular weight is 399 g/mol. The summed E-state index contributed by atoms with van der Waals surface area (Å²) in [6.45, 7) is 7.49. The van der Waals surface area contributed by atoms with Gasteiger partial charge < -0.3 is 19.5 Å². The Bertz CT molecular complexity index is 858. The lowest BCUT2D eigenvalue weighted by molar-refractivity contribution is -0.139. The first kappa shape index (κ1) is 19.8. The van der Waals surface area contributed by atoms with Gasteiger partial charge in [-0.05, 0) is 38.5 Å². The molecule has 2 aliphatic rings. The van der Waals surface area contributed by atoms with Crippen LogP contribution in [-0.4, -0.2) is 67.7 Å². The summed E-state index contributed by atoms with van der Waals surface area (Å²) in [6.07, 6.45) is 9.76. The zero-order valence-electron chi connectivity index (χ0n) is 17.3. The molecule has 2 fully saturated rings. The molecule has 1 atom stereocenters. The minimum absolute atomic E-state index is 0.00907. The van der Waals surface area contributed by atoms with Crippen LogP contribution in [-0.2, 0) is 11.3 Å². The zero-order chi connectivity index (χ0) is 20.4. The number of hydrogen-bond donors (Lipinski definition) is 1. The van der Waals surface area contributed by atoms with Crippen LogP contribution in [0, 0.1) is 19.3 Å². The fourth-order valence-electron chi connectivity index (χ4n) is 4.82. The molecule has 0 aromatic carbocycles. The SMILES string of the molecule is Cc1nccnc1N1CCC2(CC1)CC(O)CN(C(=O)CCn1ccnc1C)C2. The molecule has 4 rings (SSSR count). The number of amides is 1. The molecule has 1 amide bonds. The average Bonchev–Trinajstić information content (AvgIpc) is 3.11. The van der Waals surface area contributed by atoms with Crippen molar-refractivity contribution in [1.82, 2.24) is 24.4 Å². The van der Waals surface area contributed by atoms with Gasteiger partial charge in [-0.25, -0.2) is 9.97 Å². The van der Waals surface area contributed by atoms with Gasteiger partial charge in [0.2, 0.25) is 5.91 Å². The van der Waals surface area contributed by atoms with E-state index in [2.05, 4.69) is 19.9 Å². The van der Waals surface area contributed by atoms with E-state index in [-0.39, 0.29) is 11.3 Å². The van der Waals surface area contributed by atoms with Crippen LogP contribution in [0.4, 0.5) is 5.82 Å². The Labute approximate surface area is 171 Å². The van der Waals surface area contributed by atoms with Crippen LogP contribution < -0.4 is 4.90 Å². The van der Waals surface area contributed by atoms with Crippen LogP contribution in [0.2, 0.25) is 0 Å². The lowest BCUT2D eigenvalue weighted by atomic mass is 9.71. The number of hydrogen-bond acceptors (Lipinski definition) is 6. The summed E-state index contributed by atoms with van der Waals surface area (Å²) in [4.78, 5) is 30.1. The van der Waals surface area contributed by atoms with Gasteiger partial charge in [-0.1, -0.05) is 0 Å². The number of piperidine rings is 2. The molecule has 2 aliphatic heterocycles. The van der Waals surface area contributed by atoms with Crippen LogP contribution in [0.25, 0.3) is 0 Å². The fourth-order valence-corrected chi connectivity index (χ4v) is 4.82. The number of aryl methyl sites for hydroxylation is 3. The summed E-state index contributed by atoms with van der Waals surface area (Å²) in [5.41, 5.74) is 0.934. The van der Waals surface area contributed by atoms with Gasteiger partial charge in [0.15, 0.2) is 0 Å². The maximum atomic E-state index is 12.9. The molecule has 156 valence electrons. The molecule has 1 unspecified atom stereocenters. The van der Waals surface area contributed by atoms with E-state index < -0.39 is 6.10 Å². The van der Waals surface area contributed by atoms with Crippen molar-refractivity contribution in [2.45, 2.75) is 52.2 Å². The first-order chi connectivity index (χ1) is 14.0. The number of imidazole rings is 1. The minimum Gasteiger partial charge on any atom is -0.391 e. The van der Waals surface area contributed by atoms with Gasteiger partial charge in [0, 0.05) is 63.9 Å². The number of aliphatic hydroxyl groups is 1. The highest BCUT2D eigenvalue weighted by Gasteiger charge is 2.43. The highest BCUT2D eigenvalue weighted by molar-refractivity contribution is 5.76. The molecule has 8 nitrogen and oxygen atoms in total. The summed E-state index contributed by atoms with van der Waals surface area (Å²) >= 11 is 0. The number of likely N-dealkylation sites (tertiary alicyclic amines) is 1. The Morgan fingerprint density at radius 1 is 1.17 bits per heavy atom. The number of β-amino-alcohol motifs (C(OH)–C–C–N with tert-alkyl or cyclic N) is 1. The van der Waals surface area contributed by atoms with E-state index in [4.69, 9.17) is 0 Å². The fraction of sp³-hybridized carbons (Fsp3) is 0.619. The quantitative estimate of drug-likeness (QED) is 0.841. The molecular formula is C21H30N6O2. The van der Waals surface area contributed by atoms with Gasteiger partial charge in [0.1, 0.15) is 11.6 Å². The second-order valence-electron chi connectivity index (χ2n) is 8.50. The van der Waals surface area contributed by atoms with Crippen LogP contribution in [0.3, 0.4) is 0 Å². The Balaban J connectivity index is 1.38. The first-order valence-electron chi connectivity index (χ1n) is 10.4. The molecule has 29 heavy (non-hydrogen) atoms. The molecule has 2 aromatic heterocycles. The molecule has 2 saturated heterocycles. The van der Waals surface area contributed by atoms with E-state index >= 15 is 0 Å². The maximum absolute atomic E-state index is 12.9. The van der Waals surface area contributed by atoms with E-state index in [0.29, 0.717) is 19.5 Å². The number of carbonyl (C=O) groups excluding carboxylic acids is 1. The normalized spacial score (nSPS) is 21.6. The molecule has 2 aromatic rings. The summed E-state index contributed by atoms with van der Waals surface area (Å²) in [7, 11) is 0. The lowest BCUT2D eigenvalue weighted by Gasteiger charge is -2.49. The second-order valence-corrected chi connectivity index (χ2v) is 8.50. The Kier molecular flexibility index (Phi) is 5.54. The van der Waals surface area contributed by atoms with Gasteiger partial charge >= 0.3 is 0 Å². The molecule has 0 aliphatic carbocycles.